The van der Waals surface area contributed by atoms with Crippen molar-refractivity contribution in [3.05, 3.63) is 44.8 Å². The Morgan fingerprint density at radius 1 is 1.00 bits per heavy atom. The van der Waals surface area contributed by atoms with Crippen LogP contribution in [-0.4, -0.2) is 25.0 Å². The van der Waals surface area contributed by atoms with Crippen molar-refractivity contribution >= 4 is 35.4 Å². The average molecular weight is 368 g/mol. The van der Waals surface area contributed by atoms with E-state index in [4.69, 9.17) is 35.4 Å². The zero-order valence-electron chi connectivity index (χ0n) is 12.8. The Bertz CT molecular complexity index is 896. The van der Waals surface area contributed by atoms with Gasteiger partial charge < -0.3 is 0 Å². The molecule has 0 spiro atoms. The van der Waals surface area contributed by atoms with Crippen LogP contribution >= 0.6 is 35.4 Å². The van der Waals surface area contributed by atoms with Crippen LogP contribution in [0.2, 0.25) is 10.0 Å². The van der Waals surface area contributed by atoms with Crippen molar-refractivity contribution in [2.75, 3.05) is 0 Å². The van der Waals surface area contributed by atoms with Crippen molar-refractivity contribution in [1.82, 2.24) is 25.0 Å². The molecule has 5 nitrogen and oxygen atoms in total. The van der Waals surface area contributed by atoms with Crippen LogP contribution in [0.25, 0.3) is 17.2 Å². The highest BCUT2D eigenvalue weighted by Gasteiger charge is 2.20. The first-order valence-corrected chi connectivity index (χ1v) is 8.12. The first kappa shape index (κ1) is 16.2. The van der Waals surface area contributed by atoms with E-state index in [9.17, 15) is 0 Å². The number of benzene rings is 1. The quantitative estimate of drug-likeness (QED) is 0.631. The molecule has 120 valence electrons. The lowest BCUT2D eigenvalue weighted by Crippen LogP contribution is -2.11. The summed E-state index contributed by atoms with van der Waals surface area (Å²) in [6.07, 6.45) is 0. The molecule has 0 aliphatic heterocycles. The van der Waals surface area contributed by atoms with Gasteiger partial charge in [0.1, 0.15) is 5.69 Å². The van der Waals surface area contributed by atoms with Crippen molar-refractivity contribution in [2.45, 2.75) is 26.2 Å². The summed E-state index contributed by atoms with van der Waals surface area (Å²) in [5, 5.41) is 15.6. The molecular formula is C15H15Cl2N5S. The molecule has 0 radical (unpaired) electrons. The van der Waals surface area contributed by atoms with Crippen LogP contribution < -0.4 is 0 Å². The summed E-state index contributed by atoms with van der Waals surface area (Å²) >= 11 is 17.5. The third-order valence-corrected chi connectivity index (χ3v) is 4.10. The Hall–Kier alpha value is -1.63. The number of H-pyrrole nitrogens is 2. The number of nitrogens with zero attached hydrogens (tertiary/aromatic N) is 3. The summed E-state index contributed by atoms with van der Waals surface area (Å²) in [7, 11) is 0. The fourth-order valence-electron chi connectivity index (χ4n) is 2.20. The molecule has 0 amide bonds. The lowest BCUT2D eigenvalue weighted by atomic mass is 9.92. The van der Waals surface area contributed by atoms with E-state index in [1.54, 1.807) is 22.8 Å². The monoisotopic (exact) mass is 367 g/mol. The molecule has 0 unspecified atom stereocenters. The standard InChI is InChI=1S/C15H15Cl2N5S/c1-15(2,3)12-7-11(18-19-12)13-20-21-14(23)22(13)10-5-8(16)4-9(17)6-10/h4-7H,1-3H3,(H,18,19)(H,21,23). The van der Waals surface area contributed by atoms with Crippen LogP contribution in [0.15, 0.2) is 24.3 Å². The van der Waals surface area contributed by atoms with Gasteiger partial charge in [0.25, 0.3) is 0 Å². The van der Waals surface area contributed by atoms with Gasteiger partial charge in [-0.1, -0.05) is 44.0 Å². The van der Waals surface area contributed by atoms with Gasteiger partial charge in [-0.2, -0.15) is 10.2 Å². The van der Waals surface area contributed by atoms with Crippen LogP contribution in [-0.2, 0) is 5.41 Å². The van der Waals surface area contributed by atoms with Crippen LogP contribution in [0.5, 0.6) is 0 Å². The zero-order chi connectivity index (χ0) is 16.8. The maximum absolute atomic E-state index is 6.10. The summed E-state index contributed by atoms with van der Waals surface area (Å²) in [4.78, 5) is 0. The summed E-state index contributed by atoms with van der Waals surface area (Å²) < 4.78 is 2.20. The van der Waals surface area contributed by atoms with E-state index in [0.29, 0.717) is 26.3 Å². The Morgan fingerprint density at radius 2 is 1.65 bits per heavy atom. The highest BCUT2D eigenvalue weighted by molar-refractivity contribution is 7.71. The summed E-state index contributed by atoms with van der Waals surface area (Å²) in [6, 6.07) is 7.19. The fourth-order valence-corrected chi connectivity index (χ4v) is 2.95. The van der Waals surface area contributed by atoms with Gasteiger partial charge in [0.15, 0.2) is 10.6 Å². The lowest BCUT2D eigenvalue weighted by molar-refractivity contribution is 0.567. The number of hydrogen-bond donors (Lipinski definition) is 2. The van der Waals surface area contributed by atoms with Crippen molar-refractivity contribution in [2.24, 2.45) is 0 Å². The Labute approximate surface area is 148 Å². The number of nitrogens with one attached hydrogen (secondary N) is 2. The van der Waals surface area contributed by atoms with Crippen LogP contribution in [0.3, 0.4) is 0 Å². The van der Waals surface area contributed by atoms with Gasteiger partial charge in [0.05, 0.1) is 5.69 Å². The third kappa shape index (κ3) is 3.20. The highest BCUT2D eigenvalue weighted by Crippen LogP contribution is 2.28. The maximum atomic E-state index is 6.10. The molecule has 3 rings (SSSR count). The van der Waals surface area contributed by atoms with Crippen LogP contribution in [0, 0.1) is 4.77 Å². The van der Waals surface area contributed by atoms with E-state index < -0.39 is 0 Å². The second kappa shape index (κ2) is 5.78. The molecule has 0 bridgehead atoms. The van der Waals surface area contributed by atoms with Gasteiger partial charge in [0.2, 0.25) is 0 Å². The molecule has 0 saturated carbocycles. The predicted molar refractivity (Wildman–Crippen MR) is 95.1 cm³/mol. The third-order valence-electron chi connectivity index (χ3n) is 3.39. The molecule has 2 heterocycles. The summed E-state index contributed by atoms with van der Waals surface area (Å²) in [5.41, 5.74) is 2.40. The van der Waals surface area contributed by atoms with E-state index in [2.05, 4.69) is 41.2 Å². The smallest absolute Gasteiger partial charge is 0.200 e. The van der Waals surface area contributed by atoms with E-state index in [1.807, 2.05) is 6.07 Å². The minimum atomic E-state index is -0.0391. The first-order valence-electron chi connectivity index (χ1n) is 6.96. The van der Waals surface area contributed by atoms with Gasteiger partial charge in [-0.05, 0) is 36.5 Å². The van der Waals surface area contributed by atoms with Gasteiger partial charge >= 0.3 is 0 Å². The molecular weight excluding hydrogens is 353 g/mol. The number of aromatic amines is 2. The molecule has 2 aromatic heterocycles. The van der Waals surface area contributed by atoms with Gasteiger partial charge in [0, 0.05) is 21.2 Å². The minimum absolute atomic E-state index is 0.0391. The second-order valence-electron chi connectivity index (χ2n) is 6.23. The minimum Gasteiger partial charge on any atom is -0.281 e. The van der Waals surface area contributed by atoms with E-state index in [0.717, 1.165) is 11.4 Å². The van der Waals surface area contributed by atoms with E-state index in [-0.39, 0.29) is 5.41 Å². The van der Waals surface area contributed by atoms with Gasteiger partial charge in [-0.25, -0.2) is 0 Å². The Balaban J connectivity index is 2.16. The van der Waals surface area contributed by atoms with E-state index in [1.165, 1.54) is 0 Å². The molecule has 1 aromatic carbocycles. The van der Waals surface area contributed by atoms with Crippen molar-refractivity contribution in [3.8, 4) is 17.2 Å². The highest BCUT2D eigenvalue weighted by atomic mass is 35.5. The van der Waals surface area contributed by atoms with Crippen LogP contribution in [0.1, 0.15) is 26.5 Å². The van der Waals surface area contributed by atoms with E-state index >= 15 is 0 Å². The van der Waals surface area contributed by atoms with Crippen molar-refractivity contribution < 1.29 is 0 Å². The number of halogens is 2. The first-order chi connectivity index (χ1) is 10.8. The normalized spacial score (nSPS) is 11.9. The van der Waals surface area contributed by atoms with Crippen LogP contribution in [0.4, 0.5) is 0 Å². The van der Waals surface area contributed by atoms with Gasteiger partial charge in [-0.3, -0.25) is 14.8 Å². The Kier molecular flexibility index (Phi) is 4.08. The molecule has 2 N–H and O–H groups in total. The fraction of sp³-hybridized carbons (Fsp3) is 0.267. The average Bonchev–Trinajstić information content (AvgIpc) is 3.02. The Morgan fingerprint density at radius 3 is 2.22 bits per heavy atom. The molecule has 0 saturated heterocycles. The molecule has 0 atom stereocenters. The topological polar surface area (TPSA) is 62.3 Å². The van der Waals surface area contributed by atoms with Crippen molar-refractivity contribution in [3.63, 3.8) is 0 Å². The molecule has 0 aliphatic carbocycles. The molecule has 8 heteroatoms. The van der Waals surface area contributed by atoms with Gasteiger partial charge in [-0.15, -0.1) is 0 Å². The number of aromatic nitrogens is 5. The number of hydrogen-bond acceptors (Lipinski definition) is 3. The molecule has 0 fully saturated rings. The van der Waals surface area contributed by atoms with Crippen molar-refractivity contribution in [1.29, 1.82) is 0 Å². The molecule has 0 aliphatic rings. The molecule has 3 aromatic rings. The summed E-state index contributed by atoms with van der Waals surface area (Å²) in [6.45, 7) is 6.33. The molecule has 23 heavy (non-hydrogen) atoms. The SMILES string of the molecule is CC(C)(C)c1cc(-c2n[nH]c(=S)n2-c2cc(Cl)cc(Cl)c2)n[nH]1. The zero-order valence-corrected chi connectivity index (χ0v) is 15.1. The lowest BCUT2D eigenvalue weighted by Gasteiger charge is -2.14. The maximum Gasteiger partial charge on any atom is 0.200 e. The largest absolute Gasteiger partial charge is 0.281 e. The second-order valence-corrected chi connectivity index (χ2v) is 7.49. The number of rotatable bonds is 2. The summed E-state index contributed by atoms with van der Waals surface area (Å²) in [5.74, 6) is 0.597. The predicted octanol–water partition coefficient (Wildman–Crippen LogP) is 4.92.